The van der Waals surface area contributed by atoms with E-state index in [1.807, 2.05) is 13.8 Å². The average molecular weight is 305 g/mol. The molecule has 0 saturated heterocycles. The first-order valence-corrected chi connectivity index (χ1v) is 8.52. The summed E-state index contributed by atoms with van der Waals surface area (Å²) < 4.78 is 23.4. The second-order valence-corrected chi connectivity index (χ2v) is 8.29. The molecule has 0 aromatic carbocycles. The van der Waals surface area contributed by atoms with E-state index in [1.165, 1.54) is 22.8 Å². The molecule has 0 aliphatic carbocycles. The van der Waals surface area contributed by atoms with Gasteiger partial charge in [0.2, 0.25) is 5.16 Å². The maximum atomic E-state index is 11.3. The first-order chi connectivity index (χ1) is 8.36. The van der Waals surface area contributed by atoms with Crippen molar-refractivity contribution in [3.8, 4) is 0 Å². The smallest absolute Gasteiger partial charge is 0.236 e. The highest BCUT2D eigenvalue weighted by atomic mass is 32.2. The fourth-order valence-corrected chi connectivity index (χ4v) is 3.76. The Labute approximate surface area is 113 Å². The molecule has 0 N–H and O–H groups in total. The molecule has 0 saturated carbocycles. The highest BCUT2D eigenvalue weighted by molar-refractivity contribution is 8.01. The van der Waals surface area contributed by atoms with Crippen molar-refractivity contribution in [1.82, 2.24) is 25.2 Å². The molecule has 0 aliphatic heterocycles. The van der Waals surface area contributed by atoms with Crippen molar-refractivity contribution in [2.75, 3.05) is 6.26 Å². The average Bonchev–Trinajstić information content (AvgIpc) is 2.85. The van der Waals surface area contributed by atoms with Gasteiger partial charge in [-0.15, -0.1) is 10.2 Å². The molecule has 2 heterocycles. The van der Waals surface area contributed by atoms with E-state index in [0.29, 0.717) is 9.50 Å². The molecule has 7 nitrogen and oxygen atoms in total. The largest absolute Gasteiger partial charge is 0.238 e. The van der Waals surface area contributed by atoms with Gasteiger partial charge in [-0.05, 0) is 30.8 Å². The van der Waals surface area contributed by atoms with Crippen LogP contribution < -0.4 is 0 Å². The van der Waals surface area contributed by atoms with Gasteiger partial charge in [0.05, 0.1) is 12.2 Å². The lowest BCUT2D eigenvalue weighted by Gasteiger charge is -1.98. The van der Waals surface area contributed by atoms with Crippen LogP contribution in [-0.4, -0.2) is 39.9 Å². The normalized spacial score (nSPS) is 12.2. The van der Waals surface area contributed by atoms with Crippen molar-refractivity contribution >= 4 is 32.9 Å². The lowest BCUT2D eigenvalue weighted by atomic mass is 10.4. The molecule has 0 unspecified atom stereocenters. The third kappa shape index (κ3) is 3.06. The van der Waals surface area contributed by atoms with Crippen LogP contribution >= 0.6 is 23.1 Å². The van der Waals surface area contributed by atoms with Gasteiger partial charge in [-0.25, -0.2) is 13.4 Å². The minimum Gasteiger partial charge on any atom is -0.236 e. The van der Waals surface area contributed by atoms with Gasteiger partial charge in [-0.3, -0.25) is 0 Å². The predicted molar refractivity (Wildman–Crippen MR) is 67.5 cm³/mol. The van der Waals surface area contributed by atoms with Crippen molar-refractivity contribution in [3.05, 3.63) is 6.20 Å². The van der Waals surface area contributed by atoms with Gasteiger partial charge in [0.15, 0.2) is 14.2 Å². The molecular weight excluding hydrogens is 294 g/mol. The first kappa shape index (κ1) is 13.4. The molecule has 18 heavy (non-hydrogen) atoms. The lowest BCUT2D eigenvalue weighted by molar-refractivity contribution is 0.452. The Morgan fingerprint density at radius 1 is 1.44 bits per heavy atom. The van der Waals surface area contributed by atoms with Gasteiger partial charge in [0.1, 0.15) is 4.21 Å². The molecule has 0 bridgehead atoms. The molecule has 2 aromatic rings. The minimum absolute atomic E-state index is 0.134. The molecule has 2 aromatic heterocycles. The topological polar surface area (TPSA) is 90.6 Å². The van der Waals surface area contributed by atoms with Crippen molar-refractivity contribution in [1.29, 1.82) is 0 Å². The molecule has 0 fully saturated rings. The van der Waals surface area contributed by atoms with Crippen LogP contribution in [0.15, 0.2) is 19.9 Å². The van der Waals surface area contributed by atoms with E-state index < -0.39 is 9.84 Å². The standard InChI is InChI=1S/C8H11N5O2S3/c1-5(2)13-11-7(10-12-13)17-8-9-4-6(16-8)18(3,14)15/h4-5H,1-3H3. The minimum atomic E-state index is -3.20. The maximum Gasteiger partial charge on any atom is 0.238 e. The van der Waals surface area contributed by atoms with Crippen molar-refractivity contribution in [3.63, 3.8) is 0 Å². The van der Waals surface area contributed by atoms with E-state index in [1.54, 1.807) is 0 Å². The van der Waals surface area contributed by atoms with E-state index in [0.717, 1.165) is 17.6 Å². The fourth-order valence-electron chi connectivity index (χ4n) is 1.01. The summed E-state index contributed by atoms with van der Waals surface area (Å²) in [6.07, 6.45) is 2.50. The number of rotatable bonds is 4. The Kier molecular flexibility index (Phi) is 3.69. The molecule has 0 radical (unpaired) electrons. The molecule has 98 valence electrons. The molecule has 2 rings (SSSR count). The maximum absolute atomic E-state index is 11.3. The zero-order chi connectivity index (χ0) is 13.3. The summed E-state index contributed by atoms with van der Waals surface area (Å²) in [5.74, 6) is 0. The quantitative estimate of drug-likeness (QED) is 0.840. The van der Waals surface area contributed by atoms with E-state index in [2.05, 4.69) is 20.4 Å². The highest BCUT2D eigenvalue weighted by Crippen LogP contribution is 2.30. The number of aromatic nitrogens is 5. The lowest BCUT2D eigenvalue weighted by Crippen LogP contribution is -2.04. The second kappa shape index (κ2) is 4.94. The van der Waals surface area contributed by atoms with Crippen LogP contribution in [0.2, 0.25) is 0 Å². The predicted octanol–water partition coefficient (Wildman–Crippen LogP) is 1.27. The van der Waals surface area contributed by atoms with Gasteiger partial charge in [-0.2, -0.15) is 4.80 Å². The van der Waals surface area contributed by atoms with Crippen LogP contribution in [0, 0.1) is 0 Å². The van der Waals surface area contributed by atoms with Gasteiger partial charge >= 0.3 is 0 Å². The Morgan fingerprint density at radius 2 is 2.17 bits per heavy atom. The zero-order valence-electron chi connectivity index (χ0n) is 9.93. The third-order valence-corrected chi connectivity index (χ3v) is 5.59. The van der Waals surface area contributed by atoms with Gasteiger partial charge in [0, 0.05) is 6.26 Å². The number of hydrogen-bond donors (Lipinski definition) is 0. The number of thiazole rings is 1. The van der Waals surface area contributed by atoms with E-state index in [-0.39, 0.29) is 10.3 Å². The number of tetrazole rings is 1. The van der Waals surface area contributed by atoms with Crippen LogP contribution in [0.3, 0.4) is 0 Å². The van der Waals surface area contributed by atoms with Gasteiger partial charge in [-0.1, -0.05) is 11.3 Å². The molecule has 0 amide bonds. The molecule has 0 spiro atoms. The molecule has 0 aliphatic rings. The molecular formula is C8H11N5O2S3. The van der Waals surface area contributed by atoms with E-state index in [4.69, 9.17) is 0 Å². The Bertz CT molecular complexity index is 645. The van der Waals surface area contributed by atoms with Gasteiger partial charge < -0.3 is 0 Å². The van der Waals surface area contributed by atoms with Crippen LogP contribution in [-0.2, 0) is 9.84 Å². The SMILES string of the molecule is CC(C)n1nnc(Sc2ncc(S(C)(=O)=O)s2)n1. The first-order valence-electron chi connectivity index (χ1n) is 4.99. The Hall–Kier alpha value is -1.00. The van der Waals surface area contributed by atoms with E-state index >= 15 is 0 Å². The van der Waals surface area contributed by atoms with E-state index in [9.17, 15) is 8.42 Å². The van der Waals surface area contributed by atoms with Crippen LogP contribution in [0.4, 0.5) is 0 Å². The molecule has 10 heteroatoms. The van der Waals surface area contributed by atoms with Crippen LogP contribution in [0.1, 0.15) is 19.9 Å². The third-order valence-electron chi connectivity index (χ3n) is 1.88. The Morgan fingerprint density at radius 3 is 2.67 bits per heavy atom. The summed E-state index contributed by atoms with van der Waals surface area (Å²) in [5, 5.41) is 12.4. The Balaban J connectivity index is 2.16. The van der Waals surface area contributed by atoms with Gasteiger partial charge in [0.25, 0.3) is 0 Å². The summed E-state index contributed by atoms with van der Waals surface area (Å²) in [6, 6.07) is 0.134. The zero-order valence-corrected chi connectivity index (χ0v) is 12.4. The highest BCUT2D eigenvalue weighted by Gasteiger charge is 2.15. The number of nitrogens with zero attached hydrogens (tertiary/aromatic N) is 5. The summed E-state index contributed by atoms with van der Waals surface area (Å²) in [6.45, 7) is 3.89. The summed E-state index contributed by atoms with van der Waals surface area (Å²) in [7, 11) is -3.20. The van der Waals surface area contributed by atoms with Crippen molar-refractivity contribution in [2.45, 2.75) is 33.6 Å². The summed E-state index contributed by atoms with van der Waals surface area (Å²) >= 11 is 2.30. The summed E-state index contributed by atoms with van der Waals surface area (Å²) in [5.41, 5.74) is 0. The van der Waals surface area contributed by atoms with Crippen LogP contribution in [0.25, 0.3) is 0 Å². The second-order valence-electron chi connectivity index (χ2n) is 3.81. The molecule has 0 atom stereocenters. The number of hydrogen-bond acceptors (Lipinski definition) is 8. The number of sulfone groups is 1. The monoisotopic (exact) mass is 305 g/mol. The van der Waals surface area contributed by atoms with Crippen molar-refractivity contribution < 1.29 is 8.42 Å². The summed E-state index contributed by atoms with van der Waals surface area (Å²) in [4.78, 5) is 5.51. The fraction of sp³-hybridized carbons (Fsp3) is 0.500. The van der Waals surface area contributed by atoms with Crippen molar-refractivity contribution in [2.24, 2.45) is 0 Å². The van der Waals surface area contributed by atoms with Crippen LogP contribution in [0.5, 0.6) is 0 Å².